The number of nitrogens with zero attached hydrogens (tertiary/aromatic N) is 3. The summed E-state index contributed by atoms with van der Waals surface area (Å²) in [6.45, 7) is 1.94. The number of nitriles is 1. The molecule has 0 aliphatic heterocycles. The van der Waals surface area contributed by atoms with Gasteiger partial charge in [-0.05, 0) is 85.2 Å². The van der Waals surface area contributed by atoms with Crippen molar-refractivity contribution < 1.29 is 22.4 Å². The normalized spacial score (nSPS) is 17.7. The summed E-state index contributed by atoms with van der Waals surface area (Å²) >= 11 is 0. The SMILES string of the molecule is Cc1nc2cc(-c3ccc(C4CCCC(C(=O)Nc5ccc(C(F)(F)F)cc5F)C4)cc3C#N)ccc2n1C. The van der Waals surface area contributed by atoms with Crippen LogP contribution in [0.25, 0.3) is 22.2 Å². The van der Waals surface area contributed by atoms with Crippen LogP contribution in [0.1, 0.15) is 54.1 Å². The second-order valence-corrected chi connectivity index (χ2v) is 10.1. The van der Waals surface area contributed by atoms with Gasteiger partial charge in [-0.2, -0.15) is 18.4 Å². The van der Waals surface area contributed by atoms with E-state index >= 15 is 0 Å². The van der Waals surface area contributed by atoms with Crippen molar-refractivity contribution in [3.63, 3.8) is 0 Å². The van der Waals surface area contributed by atoms with Gasteiger partial charge in [-0.15, -0.1) is 0 Å². The minimum absolute atomic E-state index is 0.0222. The third-order valence-corrected chi connectivity index (χ3v) is 7.65. The van der Waals surface area contributed by atoms with E-state index in [9.17, 15) is 27.6 Å². The van der Waals surface area contributed by atoms with E-state index < -0.39 is 29.4 Å². The topological polar surface area (TPSA) is 70.7 Å². The highest BCUT2D eigenvalue weighted by atomic mass is 19.4. The first-order valence-electron chi connectivity index (χ1n) is 12.7. The van der Waals surface area contributed by atoms with Crippen molar-refractivity contribution in [1.29, 1.82) is 5.26 Å². The van der Waals surface area contributed by atoms with Crippen molar-refractivity contribution in [3.05, 3.63) is 82.9 Å². The maximum atomic E-state index is 14.3. The summed E-state index contributed by atoms with van der Waals surface area (Å²) in [4.78, 5) is 17.5. The summed E-state index contributed by atoms with van der Waals surface area (Å²) in [7, 11) is 1.96. The van der Waals surface area contributed by atoms with Crippen LogP contribution in [0.4, 0.5) is 23.2 Å². The average molecular weight is 535 g/mol. The van der Waals surface area contributed by atoms with Gasteiger partial charge in [-0.1, -0.05) is 24.6 Å². The third kappa shape index (κ3) is 5.24. The second kappa shape index (κ2) is 10.2. The van der Waals surface area contributed by atoms with E-state index in [-0.39, 0.29) is 11.6 Å². The van der Waals surface area contributed by atoms with Crippen LogP contribution >= 0.6 is 0 Å². The molecule has 1 fully saturated rings. The number of rotatable bonds is 4. The Morgan fingerprint density at radius 1 is 1.10 bits per heavy atom. The summed E-state index contributed by atoms with van der Waals surface area (Å²) in [6, 6.07) is 16.1. The van der Waals surface area contributed by atoms with Crippen molar-refractivity contribution in [1.82, 2.24) is 9.55 Å². The Morgan fingerprint density at radius 2 is 1.90 bits per heavy atom. The number of aryl methyl sites for hydroxylation is 2. The van der Waals surface area contributed by atoms with Crippen molar-refractivity contribution in [2.45, 2.75) is 44.7 Å². The number of halogens is 4. The molecule has 39 heavy (non-hydrogen) atoms. The first kappa shape index (κ1) is 26.4. The number of aromatic nitrogens is 2. The van der Waals surface area contributed by atoms with Crippen LogP contribution in [0.2, 0.25) is 0 Å². The highest BCUT2D eigenvalue weighted by molar-refractivity contribution is 5.93. The first-order chi connectivity index (χ1) is 18.5. The zero-order chi connectivity index (χ0) is 27.9. The van der Waals surface area contributed by atoms with Crippen LogP contribution in [-0.4, -0.2) is 15.5 Å². The highest BCUT2D eigenvalue weighted by Gasteiger charge is 2.32. The lowest BCUT2D eigenvalue weighted by Gasteiger charge is -2.29. The van der Waals surface area contributed by atoms with Crippen molar-refractivity contribution in [3.8, 4) is 17.2 Å². The summed E-state index contributed by atoms with van der Waals surface area (Å²) < 4.78 is 54.8. The molecule has 3 aromatic carbocycles. The van der Waals surface area contributed by atoms with Crippen molar-refractivity contribution in [2.24, 2.45) is 13.0 Å². The Balaban J connectivity index is 1.33. The molecule has 4 aromatic rings. The quantitative estimate of drug-likeness (QED) is 0.276. The fourth-order valence-corrected chi connectivity index (χ4v) is 5.41. The van der Waals surface area contributed by atoms with Crippen LogP contribution in [0.15, 0.2) is 54.6 Å². The average Bonchev–Trinajstić information content (AvgIpc) is 3.21. The van der Waals surface area contributed by atoms with E-state index in [1.54, 1.807) is 0 Å². The Hall–Kier alpha value is -4.19. The van der Waals surface area contributed by atoms with Crippen LogP contribution in [0.5, 0.6) is 0 Å². The Bertz CT molecular complexity index is 1620. The van der Waals surface area contributed by atoms with E-state index in [1.165, 1.54) is 0 Å². The predicted molar refractivity (Wildman–Crippen MR) is 140 cm³/mol. The predicted octanol–water partition coefficient (Wildman–Crippen LogP) is 7.49. The molecule has 1 amide bonds. The smallest absolute Gasteiger partial charge is 0.331 e. The molecule has 1 heterocycles. The molecule has 0 saturated heterocycles. The van der Waals surface area contributed by atoms with Gasteiger partial charge in [0.2, 0.25) is 5.91 Å². The largest absolute Gasteiger partial charge is 0.416 e. The molecular formula is C30H26F4N4O. The van der Waals surface area contributed by atoms with E-state index in [0.717, 1.165) is 58.5 Å². The lowest BCUT2D eigenvalue weighted by atomic mass is 9.77. The second-order valence-electron chi connectivity index (χ2n) is 10.1. The Morgan fingerprint density at radius 3 is 2.62 bits per heavy atom. The van der Waals surface area contributed by atoms with Gasteiger partial charge in [0.1, 0.15) is 11.6 Å². The summed E-state index contributed by atoms with van der Waals surface area (Å²) in [5.74, 6) is -1.05. The van der Waals surface area contributed by atoms with Gasteiger partial charge in [-0.25, -0.2) is 9.37 Å². The lowest BCUT2D eigenvalue weighted by Crippen LogP contribution is -2.28. The Kier molecular flexibility index (Phi) is 6.89. The number of alkyl halides is 3. The van der Waals surface area contributed by atoms with Gasteiger partial charge in [0, 0.05) is 13.0 Å². The Labute approximate surface area is 223 Å². The number of anilines is 1. The fraction of sp³-hybridized carbons (Fsp3) is 0.300. The van der Waals surface area contributed by atoms with E-state index in [0.29, 0.717) is 24.5 Å². The summed E-state index contributed by atoms with van der Waals surface area (Å²) in [6.07, 6.45) is -1.98. The minimum Gasteiger partial charge on any atom is -0.331 e. The van der Waals surface area contributed by atoms with Gasteiger partial charge in [-0.3, -0.25) is 4.79 Å². The highest BCUT2D eigenvalue weighted by Crippen LogP contribution is 2.39. The molecule has 200 valence electrons. The molecule has 9 heteroatoms. The van der Waals surface area contributed by atoms with Gasteiger partial charge in [0.05, 0.1) is 33.9 Å². The van der Waals surface area contributed by atoms with E-state index in [1.807, 2.05) is 54.9 Å². The number of imidazole rings is 1. The maximum absolute atomic E-state index is 14.3. The molecule has 2 atom stereocenters. The number of carbonyl (C=O) groups is 1. The first-order valence-corrected chi connectivity index (χ1v) is 12.7. The minimum atomic E-state index is -4.66. The third-order valence-electron chi connectivity index (χ3n) is 7.65. The molecule has 1 N–H and O–H groups in total. The zero-order valence-electron chi connectivity index (χ0n) is 21.4. The molecule has 5 rings (SSSR count). The number of amides is 1. The van der Waals surface area contributed by atoms with Crippen molar-refractivity contribution in [2.75, 3.05) is 5.32 Å². The number of benzene rings is 3. The molecule has 1 saturated carbocycles. The molecule has 0 radical (unpaired) electrons. The van der Waals surface area contributed by atoms with Crippen LogP contribution in [0.3, 0.4) is 0 Å². The molecule has 5 nitrogen and oxygen atoms in total. The van der Waals surface area contributed by atoms with Crippen LogP contribution in [-0.2, 0) is 18.0 Å². The van der Waals surface area contributed by atoms with Crippen LogP contribution < -0.4 is 5.32 Å². The molecule has 1 aromatic heterocycles. The molecule has 1 aliphatic carbocycles. The summed E-state index contributed by atoms with van der Waals surface area (Å²) in [5.41, 5.74) is 3.65. The van der Waals surface area contributed by atoms with E-state index in [2.05, 4.69) is 16.4 Å². The molecule has 0 spiro atoms. The van der Waals surface area contributed by atoms with Crippen LogP contribution in [0, 0.1) is 30.0 Å². The van der Waals surface area contributed by atoms with Gasteiger partial charge in [0.15, 0.2) is 0 Å². The number of hydrogen-bond donors (Lipinski definition) is 1. The monoisotopic (exact) mass is 534 g/mol. The molecule has 1 aliphatic rings. The van der Waals surface area contributed by atoms with Gasteiger partial charge in [0.25, 0.3) is 0 Å². The summed E-state index contributed by atoms with van der Waals surface area (Å²) in [5, 5.41) is 12.4. The number of fused-ring (bicyclic) bond motifs is 1. The molecule has 2 unspecified atom stereocenters. The number of carbonyl (C=O) groups excluding carboxylic acids is 1. The zero-order valence-corrected chi connectivity index (χ0v) is 21.4. The van der Waals surface area contributed by atoms with Crippen molar-refractivity contribution >= 4 is 22.6 Å². The fourth-order valence-electron chi connectivity index (χ4n) is 5.41. The lowest BCUT2D eigenvalue weighted by molar-refractivity contribution is -0.137. The molecular weight excluding hydrogens is 508 g/mol. The molecule has 0 bridgehead atoms. The number of nitrogens with one attached hydrogen (secondary N) is 1. The maximum Gasteiger partial charge on any atom is 0.416 e. The standard InChI is InChI=1S/C30H26F4N4O/c1-17-36-27-14-20(7-11-28(27)38(17)2)24-9-6-19(13-22(24)16-35)18-4-3-5-21(12-18)29(39)37-26-10-8-23(15-25(26)31)30(32,33)34/h6-11,13-15,18,21H,3-5,12H2,1-2H3,(H,37,39). The van der Waals surface area contributed by atoms with Gasteiger partial charge < -0.3 is 9.88 Å². The van der Waals surface area contributed by atoms with E-state index in [4.69, 9.17) is 0 Å². The van der Waals surface area contributed by atoms with Gasteiger partial charge >= 0.3 is 6.18 Å². The number of hydrogen-bond acceptors (Lipinski definition) is 3.